The summed E-state index contributed by atoms with van der Waals surface area (Å²) >= 11 is 14.9. The first kappa shape index (κ1) is 14.0. The molecule has 0 aliphatic heterocycles. The van der Waals surface area contributed by atoms with Gasteiger partial charge in [-0.3, -0.25) is 0 Å². The molecule has 3 heterocycles. The zero-order valence-corrected chi connectivity index (χ0v) is 14.1. The fourth-order valence-corrected chi connectivity index (χ4v) is 3.90. The van der Waals surface area contributed by atoms with E-state index in [4.69, 9.17) is 23.2 Å². The van der Waals surface area contributed by atoms with Crippen molar-refractivity contribution in [2.75, 3.05) is 0 Å². The van der Waals surface area contributed by atoms with Crippen molar-refractivity contribution in [3.63, 3.8) is 0 Å². The van der Waals surface area contributed by atoms with Crippen molar-refractivity contribution in [2.45, 2.75) is 6.92 Å². The highest BCUT2D eigenvalue weighted by molar-refractivity contribution is 7.20. The van der Waals surface area contributed by atoms with Gasteiger partial charge in [0.2, 0.25) is 4.96 Å². The molecule has 0 amide bonds. The molecule has 0 radical (unpaired) electrons. The quantitative estimate of drug-likeness (QED) is 0.535. The Bertz CT molecular complexity index is 989. The van der Waals surface area contributed by atoms with Crippen LogP contribution in [0.1, 0.15) is 5.69 Å². The Balaban J connectivity index is 1.91. The van der Waals surface area contributed by atoms with Gasteiger partial charge in [-0.05, 0) is 36.7 Å². The molecule has 0 N–H and O–H groups in total. The van der Waals surface area contributed by atoms with Crippen molar-refractivity contribution < 1.29 is 0 Å². The topological polar surface area (TPSA) is 68.9 Å². The Hall–Kier alpha value is -1.61. The summed E-state index contributed by atoms with van der Waals surface area (Å²) in [5.41, 5.74) is 1.57. The molecule has 0 unspecified atom stereocenters. The van der Waals surface area contributed by atoms with E-state index in [9.17, 15) is 0 Å². The molecule has 0 aliphatic carbocycles. The predicted octanol–water partition coefficient (Wildman–Crippen LogP) is 3.99. The number of hydrogen-bond acceptors (Lipinski definition) is 7. The normalized spacial score (nSPS) is 11.4. The highest BCUT2D eigenvalue weighted by Crippen LogP contribution is 2.34. The van der Waals surface area contributed by atoms with Crippen LogP contribution in [0.5, 0.6) is 0 Å². The van der Waals surface area contributed by atoms with Gasteiger partial charge >= 0.3 is 0 Å². The summed E-state index contributed by atoms with van der Waals surface area (Å²) in [4.78, 5) is 1.52. The molecule has 6 nitrogen and oxygen atoms in total. The van der Waals surface area contributed by atoms with Crippen LogP contribution < -0.4 is 0 Å². The molecule has 0 fully saturated rings. The van der Waals surface area contributed by atoms with Crippen molar-refractivity contribution >= 4 is 51.0 Å². The molecule has 4 aromatic rings. The minimum absolute atomic E-state index is 0.589. The second-order valence-corrected chi connectivity index (χ2v) is 6.99. The maximum atomic E-state index is 6.23. The van der Waals surface area contributed by atoms with Crippen LogP contribution in [0, 0.1) is 6.92 Å². The monoisotopic (exact) mass is 368 g/mol. The average molecular weight is 369 g/mol. The van der Waals surface area contributed by atoms with Gasteiger partial charge in [0.05, 0.1) is 10.7 Å². The maximum absolute atomic E-state index is 6.23. The molecule has 110 valence electrons. The Labute approximate surface area is 142 Å². The number of nitrogens with zero attached hydrogens (tertiary/aromatic N) is 6. The Morgan fingerprint density at radius 1 is 1.14 bits per heavy atom. The molecular weight excluding hydrogens is 363 g/mol. The summed E-state index contributed by atoms with van der Waals surface area (Å²) in [6, 6.07) is 5.28. The summed E-state index contributed by atoms with van der Waals surface area (Å²) < 4.78 is 5.60. The van der Waals surface area contributed by atoms with Gasteiger partial charge in [0.15, 0.2) is 5.82 Å². The standard InChI is InChI=1S/C12H6Cl2N6S2/c1-5-9(22-19-15-5)10-16-17-12-20(10)18-11(21-12)7-4-6(13)2-3-8(7)14/h2-4H,1H3. The van der Waals surface area contributed by atoms with Gasteiger partial charge < -0.3 is 0 Å². The van der Waals surface area contributed by atoms with Gasteiger partial charge in [0.25, 0.3) is 0 Å². The highest BCUT2D eigenvalue weighted by Gasteiger charge is 2.19. The maximum Gasteiger partial charge on any atom is 0.235 e. The molecule has 0 atom stereocenters. The lowest BCUT2D eigenvalue weighted by molar-refractivity contribution is 0.969. The fourth-order valence-electron chi connectivity index (χ4n) is 1.97. The van der Waals surface area contributed by atoms with Crippen LogP contribution >= 0.6 is 46.1 Å². The van der Waals surface area contributed by atoms with Gasteiger partial charge in [0.1, 0.15) is 9.88 Å². The zero-order valence-electron chi connectivity index (χ0n) is 11.0. The number of benzene rings is 1. The first-order valence-electron chi connectivity index (χ1n) is 6.10. The first-order chi connectivity index (χ1) is 10.6. The van der Waals surface area contributed by atoms with E-state index in [2.05, 4.69) is 24.9 Å². The highest BCUT2D eigenvalue weighted by atomic mass is 35.5. The van der Waals surface area contributed by atoms with Crippen LogP contribution in [-0.4, -0.2) is 29.4 Å². The Morgan fingerprint density at radius 3 is 2.77 bits per heavy atom. The SMILES string of the molecule is Cc1nnsc1-c1nnc2sc(-c3cc(Cl)ccc3Cl)nn12. The van der Waals surface area contributed by atoms with Gasteiger partial charge in [-0.2, -0.15) is 9.61 Å². The molecule has 0 spiro atoms. The van der Waals surface area contributed by atoms with Crippen molar-refractivity contribution in [3.05, 3.63) is 33.9 Å². The summed E-state index contributed by atoms with van der Waals surface area (Å²) in [6.07, 6.45) is 0. The molecule has 3 aromatic heterocycles. The average Bonchev–Trinajstić information content (AvgIpc) is 3.16. The number of halogens is 2. The van der Waals surface area contributed by atoms with Gasteiger partial charge in [-0.25, -0.2) is 0 Å². The Morgan fingerprint density at radius 2 is 2.00 bits per heavy atom. The molecule has 0 saturated carbocycles. The van der Waals surface area contributed by atoms with Crippen LogP contribution in [0.25, 0.3) is 26.2 Å². The minimum atomic E-state index is 0.589. The molecule has 0 aliphatic rings. The summed E-state index contributed by atoms with van der Waals surface area (Å²) in [5.74, 6) is 0.628. The third kappa shape index (κ3) is 2.19. The Kier molecular flexibility index (Phi) is 3.33. The van der Waals surface area contributed by atoms with Gasteiger partial charge in [-0.1, -0.05) is 39.0 Å². The smallest absolute Gasteiger partial charge is 0.181 e. The van der Waals surface area contributed by atoms with Crippen LogP contribution in [0.4, 0.5) is 0 Å². The van der Waals surface area contributed by atoms with Crippen molar-refractivity contribution in [1.82, 2.24) is 29.4 Å². The predicted molar refractivity (Wildman–Crippen MR) is 87.8 cm³/mol. The van der Waals surface area contributed by atoms with E-state index in [1.165, 1.54) is 22.9 Å². The van der Waals surface area contributed by atoms with Crippen LogP contribution in [-0.2, 0) is 0 Å². The van der Waals surface area contributed by atoms with E-state index in [1.54, 1.807) is 22.7 Å². The van der Waals surface area contributed by atoms with E-state index >= 15 is 0 Å². The third-order valence-corrected chi connectivity index (χ3v) is 5.32. The van der Waals surface area contributed by atoms with Gasteiger partial charge in [0, 0.05) is 10.6 Å². The first-order valence-corrected chi connectivity index (χ1v) is 8.45. The van der Waals surface area contributed by atoms with E-state index in [0.29, 0.717) is 20.8 Å². The molecule has 4 rings (SSSR count). The molecule has 1 aromatic carbocycles. The van der Waals surface area contributed by atoms with Crippen LogP contribution in [0.2, 0.25) is 10.0 Å². The van der Waals surface area contributed by atoms with Crippen molar-refractivity contribution in [3.8, 4) is 21.3 Å². The fraction of sp³-hybridized carbons (Fsp3) is 0.0833. The van der Waals surface area contributed by atoms with E-state index in [1.807, 2.05) is 6.92 Å². The molecule has 0 bridgehead atoms. The van der Waals surface area contributed by atoms with E-state index in [-0.39, 0.29) is 0 Å². The second-order valence-electron chi connectivity index (χ2n) is 4.44. The minimum Gasteiger partial charge on any atom is -0.181 e. The lowest BCUT2D eigenvalue weighted by Gasteiger charge is -1.99. The number of hydrogen-bond donors (Lipinski definition) is 0. The number of aryl methyl sites for hydroxylation is 1. The second kappa shape index (κ2) is 5.24. The van der Waals surface area contributed by atoms with Gasteiger partial charge in [-0.15, -0.1) is 15.3 Å². The van der Waals surface area contributed by atoms with Crippen molar-refractivity contribution in [2.24, 2.45) is 0 Å². The zero-order chi connectivity index (χ0) is 15.3. The lowest BCUT2D eigenvalue weighted by Crippen LogP contribution is -1.91. The third-order valence-electron chi connectivity index (χ3n) is 3.00. The van der Waals surface area contributed by atoms with Crippen LogP contribution in [0.3, 0.4) is 0 Å². The lowest BCUT2D eigenvalue weighted by atomic mass is 10.2. The molecule has 10 heteroatoms. The molecule has 0 saturated heterocycles. The largest absolute Gasteiger partial charge is 0.235 e. The number of aromatic nitrogens is 6. The van der Waals surface area contributed by atoms with E-state index < -0.39 is 0 Å². The molecule has 22 heavy (non-hydrogen) atoms. The number of fused-ring (bicyclic) bond motifs is 1. The summed E-state index contributed by atoms with van der Waals surface area (Å²) in [7, 11) is 0. The summed E-state index contributed by atoms with van der Waals surface area (Å²) in [6.45, 7) is 1.88. The number of rotatable bonds is 2. The molecular formula is C12H6Cl2N6S2. The van der Waals surface area contributed by atoms with E-state index in [0.717, 1.165) is 21.1 Å². The summed E-state index contributed by atoms with van der Waals surface area (Å²) in [5, 5.41) is 18.8. The van der Waals surface area contributed by atoms with Crippen LogP contribution in [0.15, 0.2) is 18.2 Å². The van der Waals surface area contributed by atoms with Crippen molar-refractivity contribution in [1.29, 1.82) is 0 Å².